The van der Waals surface area contributed by atoms with Crippen LogP contribution in [0.5, 0.6) is 0 Å². The van der Waals surface area contributed by atoms with Gasteiger partial charge in [0.15, 0.2) is 5.96 Å². The number of nitrogens with zero attached hydrogens (tertiary/aromatic N) is 2. The standard InChI is InChI=1S/C19H29N3/c1-15-7-9-16(10-8-15)11-12-21-19(20-2)22-13-17-5-3-4-6-18(17)14-22/h7-10,17-18H,3-6,11-14H2,1-2H3,(H,20,21). The highest BCUT2D eigenvalue weighted by Gasteiger charge is 2.35. The Labute approximate surface area is 134 Å². The molecule has 120 valence electrons. The first kappa shape index (κ1) is 15.4. The molecule has 1 aromatic rings. The molecule has 2 aliphatic rings. The zero-order valence-electron chi connectivity index (χ0n) is 14.0. The Balaban J connectivity index is 1.49. The van der Waals surface area contributed by atoms with Crippen molar-refractivity contribution in [3.8, 4) is 0 Å². The highest BCUT2D eigenvalue weighted by atomic mass is 15.3. The first-order valence-electron chi connectivity index (χ1n) is 8.77. The molecule has 0 amide bonds. The van der Waals surface area contributed by atoms with E-state index < -0.39 is 0 Å². The Morgan fingerprint density at radius 3 is 2.36 bits per heavy atom. The second-order valence-corrected chi connectivity index (χ2v) is 6.92. The number of guanidine groups is 1. The van der Waals surface area contributed by atoms with Crippen molar-refractivity contribution in [3.05, 3.63) is 35.4 Å². The van der Waals surface area contributed by atoms with E-state index in [9.17, 15) is 0 Å². The number of aliphatic imine (C=N–C) groups is 1. The second kappa shape index (κ2) is 7.17. The van der Waals surface area contributed by atoms with Crippen molar-refractivity contribution in [1.29, 1.82) is 0 Å². The van der Waals surface area contributed by atoms with Gasteiger partial charge in [0, 0.05) is 26.7 Å². The minimum Gasteiger partial charge on any atom is -0.356 e. The van der Waals surface area contributed by atoms with Gasteiger partial charge in [-0.25, -0.2) is 0 Å². The SMILES string of the molecule is CN=C(NCCc1ccc(C)cc1)N1CC2CCCCC2C1. The monoisotopic (exact) mass is 299 g/mol. The zero-order valence-corrected chi connectivity index (χ0v) is 14.0. The largest absolute Gasteiger partial charge is 0.356 e. The van der Waals surface area contributed by atoms with Gasteiger partial charge >= 0.3 is 0 Å². The van der Waals surface area contributed by atoms with Gasteiger partial charge in [-0.3, -0.25) is 4.99 Å². The zero-order chi connectivity index (χ0) is 15.4. The van der Waals surface area contributed by atoms with Crippen LogP contribution in [0.2, 0.25) is 0 Å². The van der Waals surface area contributed by atoms with Gasteiger partial charge in [0.05, 0.1) is 0 Å². The number of hydrogen-bond acceptors (Lipinski definition) is 1. The average Bonchev–Trinajstić information content (AvgIpc) is 2.97. The minimum absolute atomic E-state index is 0.907. The van der Waals surface area contributed by atoms with Crippen LogP contribution in [0.4, 0.5) is 0 Å². The van der Waals surface area contributed by atoms with Crippen molar-refractivity contribution in [2.45, 2.75) is 39.0 Å². The molecule has 1 N–H and O–H groups in total. The molecule has 2 unspecified atom stereocenters. The molecule has 3 rings (SSSR count). The summed E-state index contributed by atoms with van der Waals surface area (Å²) in [5.41, 5.74) is 2.72. The Morgan fingerprint density at radius 2 is 1.77 bits per heavy atom. The molecule has 3 nitrogen and oxygen atoms in total. The molecule has 0 radical (unpaired) electrons. The van der Waals surface area contributed by atoms with Crippen molar-refractivity contribution in [1.82, 2.24) is 10.2 Å². The van der Waals surface area contributed by atoms with Gasteiger partial charge in [-0.05, 0) is 43.6 Å². The number of benzene rings is 1. The molecule has 1 saturated carbocycles. The van der Waals surface area contributed by atoms with Gasteiger partial charge in [0.2, 0.25) is 0 Å². The van der Waals surface area contributed by atoms with Crippen LogP contribution < -0.4 is 5.32 Å². The summed E-state index contributed by atoms with van der Waals surface area (Å²) in [5.74, 6) is 2.91. The van der Waals surface area contributed by atoms with Crippen molar-refractivity contribution < 1.29 is 0 Å². The van der Waals surface area contributed by atoms with Crippen LogP contribution in [0.15, 0.2) is 29.3 Å². The van der Waals surface area contributed by atoms with Crippen LogP contribution >= 0.6 is 0 Å². The molecule has 0 bridgehead atoms. The topological polar surface area (TPSA) is 27.6 Å². The van der Waals surface area contributed by atoms with E-state index in [1.54, 1.807) is 0 Å². The number of nitrogens with one attached hydrogen (secondary N) is 1. The highest BCUT2D eigenvalue weighted by Crippen LogP contribution is 2.35. The van der Waals surface area contributed by atoms with Crippen LogP contribution in [-0.2, 0) is 6.42 Å². The summed E-state index contributed by atoms with van der Waals surface area (Å²) in [7, 11) is 1.91. The van der Waals surface area contributed by atoms with Crippen LogP contribution in [0.3, 0.4) is 0 Å². The molecule has 1 saturated heterocycles. The fraction of sp³-hybridized carbons (Fsp3) is 0.632. The van der Waals surface area contributed by atoms with E-state index in [1.165, 1.54) is 49.9 Å². The third-order valence-electron chi connectivity index (χ3n) is 5.31. The molecule has 1 heterocycles. The summed E-state index contributed by atoms with van der Waals surface area (Å²) >= 11 is 0. The quantitative estimate of drug-likeness (QED) is 0.685. The fourth-order valence-electron chi connectivity index (χ4n) is 3.98. The van der Waals surface area contributed by atoms with Crippen molar-refractivity contribution in [3.63, 3.8) is 0 Å². The first-order chi connectivity index (χ1) is 10.8. The van der Waals surface area contributed by atoms with Crippen molar-refractivity contribution in [2.75, 3.05) is 26.7 Å². The Morgan fingerprint density at radius 1 is 1.14 bits per heavy atom. The summed E-state index contributed by atoms with van der Waals surface area (Å²) in [6.45, 7) is 5.50. The van der Waals surface area contributed by atoms with E-state index >= 15 is 0 Å². The Hall–Kier alpha value is -1.51. The molecule has 1 aromatic carbocycles. The predicted octanol–water partition coefficient (Wildman–Crippen LogP) is 3.23. The Kier molecular flexibility index (Phi) is 5.01. The van der Waals surface area contributed by atoms with E-state index in [0.29, 0.717) is 0 Å². The van der Waals surface area contributed by atoms with Gasteiger partial charge < -0.3 is 10.2 Å². The molecule has 0 aromatic heterocycles. The third-order valence-corrected chi connectivity index (χ3v) is 5.31. The van der Waals surface area contributed by atoms with Gasteiger partial charge in [0.25, 0.3) is 0 Å². The number of likely N-dealkylation sites (tertiary alicyclic amines) is 1. The van der Waals surface area contributed by atoms with E-state index in [4.69, 9.17) is 0 Å². The van der Waals surface area contributed by atoms with Crippen LogP contribution in [-0.4, -0.2) is 37.5 Å². The van der Waals surface area contributed by atoms with Crippen molar-refractivity contribution >= 4 is 5.96 Å². The Bertz CT molecular complexity index is 492. The lowest BCUT2D eigenvalue weighted by molar-refractivity contribution is 0.299. The summed E-state index contributed by atoms with van der Waals surface area (Å²) in [6.07, 6.45) is 6.74. The smallest absolute Gasteiger partial charge is 0.193 e. The average molecular weight is 299 g/mol. The highest BCUT2D eigenvalue weighted by molar-refractivity contribution is 5.80. The molecule has 1 aliphatic carbocycles. The summed E-state index contributed by atoms with van der Waals surface area (Å²) < 4.78 is 0. The third kappa shape index (κ3) is 3.63. The molecule has 22 heavy (non-hydrogen) atoms. The number of rotatable bonds is 3. The van der Waals surface area contributed by atoms with Crippen LogP contribution in [0.1, 0.15) is 36.8 Å². The lowest BCUT2D eigenvalue weighted by Crippen LogP contribution is -2.41. The second-order valence-electron chi connectivity index (χ2n) is 6.92. The molecular weight excluding hydrogens is 270 g/mol. The van der Waals surface area contributed by atoms with Crippen LogP contribution in [0, 0.1) is 18.8 Å². The maximum atomic E-state index is 4.50. The normalized spacial score (nSPS) is 25.2. The van der Waals surface area contributed by atoms with E-state index in [1.807, 2.05) is 7.05 Å². The predicted molar refractivity (Wildman–Crippen MR) is 93.3 cm³/mol. The summed E-state index contributed by atoms with van der Waals surface area (Å²) in [5, 5.41) is 3.56. The first-order valence-corrected chi connectivity index (χ1v) is 8.77. The number of aryl methyl sites for hydroxylation is 1. The van der Waals surface area contributed by atoms with E-state index in [2.05, 4.69) is 46.4 Å². The van der Waals surface area contributed by atoms with E-state index in [0.717, 1.165) is 30.8 Å². The molecule has 3 heteroatoms. The van der Waals surface area contributed by atoms with Gasteiger partial charge in [-0.2, -0.15) is 0 Å². The maximum absolute atomic E-state index is 4.50. The number of fused-ring (bicyclic) bond motifs is 1. The minimum atomic E-state index is 0.907. The summed E-state index contributed by atoms with van der Waals surface area (Å²) in [6, 6.07) is 8.83. The van der Waals surface area contributed by atoms with Crippen molar-refractivity contribution in [2.24, 2.45) is 16.8 Å². The molecular formula is C19H29N3. The van der Waals surface area contributed by atoms with Crippen LogP contribution in [0.25, 0.3) is 0 Å². The lowest BCUT2D eigenvalue weighted by Gasteiger charge is -2.22. The molecule has 0 spiro atoms. The van der Waals surface area contributed by atoms with Gasteiger partial charge in [-0.15, -0.1) is 0 Å². The molecule has 2 atom stereocenters. The van der Waals surface area contributed by atoms with Gasteiger partial charge in [0.1, 0.15) is 0 Å². The maximum Gasteiger partial charge on any atom is 0.193 e. The van der Waals surface area contributed by atoms with Gasteiger partial charge in [-0.1, -0.05) is 42.7 Å². The summed E-state index contributed by atoms with van der Waals surface area (Å²) in [4.78, 5) is 6.99. The fourth-order valence-corrected chi connectivity index (χ4v) is 3.98. The number of hydrogen-bond donors (Lipinski definition) is 1. The molecule has 2 fully saturated rings. The lowest BCUT2D eigenvalue weighted by atomic mass is 9.82. The van der Waals surface area contributed by atoms with E-state index in [-0.39, 0.29) is 0 Å². The molecule has 1 aliphatic heterocycles.